The summed E-state index contributed by atoms with van der Waals surface area (Å²) in [6, 6.07) is 3.19. The molecule has 2 N–H and O–H groups in total. The molecule has 0 aromatic heterocycles. The van der Waals surface area contributed by atoms with E-state index in [2.05, 4.69) is 27.7 Å². The van der Waals surface area contributed by atoms with Crippen LogP contribution in [0.3, 0.4) is 0 Å². The lowest BCUT2D eigenvalue weighted by Gasteiger charge is -2.25. The first-order valence-electron chi connectivity index (χ1n) is 6.39. The number of hydrogen-bond acceptors (Lipinski definition) is 1. The second-order valence-corrected chi connectivity index (χ2v) is 6.41. The van der Waals surface area contributed by atoms with E-state index in [1.165, 1.54) is 12.1 Å². The van der Waals surface area contributed by atoms with Crippen LogP contribution in [0, 0.1) is 23.0 Å². The highest BCUT2D eigenvalue weighted by molar-refractivity contribution is 5.21. The van der Waals surface area contributed by atoms with Crippen LogP contribution in [0.25, 0.3) is 0 Å². The van der Waals surface area contributed by atoms with Gasteiger partial charge in [0.25, 0.3) is 0 Å². The molecule has 2 atom stereocenters. The van der Waals surface area contributed by atoms with Gasteiger partial charge in [-0.3, -0.25) is 0 Å². The largest absolute Gasteiger partial charge is 0.324 e. The molecule has 0 heterocycles. The minimum absolute atomic E-state index is 0.242. The topological polar surface area (TPSA) is 26.0 Å². The van der Waals surface area contributed by atoms with Gasteiger partial charge in [-0.2, -0.15) is 0 Å². The molecule has 3 heteroatoms. The van der Waals surface area contributed by atoms with Crippen LogP contribution in [-0.4, -0.2) is 0 Å². The summed E-state index contributed by atoms with van der Waals surface area (Å²) >= 11 is 0. The minimum Gasteiger partial charge on any atom is -0.324 e. The summed E-state index contributed by atoms with van der Waals surface area (Å²) in [5.74, 6) is -0.709. The zero-order valence-electron chi connectivity index (χ0n) is 11.6. The minimum atomic E-state index is -0.566. The van der Waals surface area contributed by atoms with Crippen LogP contribution in [0.15, 0.2) is 18.2 Å². The Hall–Kier alpha value is -0.960. The van der Waals surface area contributed by atoms with Gasteiger partial charge in [0.1, 0.15) is 11.6 Å². The van der Waals surface area contributed by atoms with Crippen molar-refractivity contribution in [2.45, 2.75) is 46.6 Å². The van der Waals surface area contributed by atoms with Gasteiger partial charge in [-0.15, -0.1) is 0 Å². The van der Waals surface area contributed by atoms with Crippen molar-refractivity contribution in [3.63, 3.8) is 0 Å². The Labute approximate surface area is 108 Å². The summed E-state index contributed by atoms with van der Waals surface area (Å²) < 4.78 is 26.2. The first kappa shape index (κ1) is 15.1. The van der Waals surface area contributed by atoms with E-state index in [-0.39, 0.29) is 11.5 Å². The number of hydrogen-bond donors (Lipinski definition) is 1. The van der Waals surface area contributed by atoms with Gasteiger partial charge < -0.3 is 5.73 Å². The monoisotopic (exact) mass is 255 g/mol. The first-order valence-corrected chi connectivity index (χ1v) is 6.39. The van der Waals surface area contributed by atoms with E-state index in [1.807, 2.05) is 0 Å². The number of benzene rings is 1. The molecular weight excluding hydrogens is 232 g/mol. The van der Waals surface area contributed by atoms with Crippen LogP contribution < -0.4 is 5.73 Å². The molecule has 0 bridgehead atoms. The van der Waals surface area contributed by atoms with Crippen LogP contribution in [0.4, 0.5) is 8.78 Å². The fourth-order valence-electron chi connectivity index (χ4n) is 2.49. The Balaban J connectivity index is 2.67. The van der Waals surface area contributed by atoms with Crippen molar-refractivity contribution < 1.29 is 8.78 Å². The molecule has 0 amide bonds. The van der Waals surface area contributed by atoms with Gasteiger partial charge >= 0.3 is 0 Å². The maximum Gasteiger partial charge on any atom is 0.126 e. The van der Waals surface area contributed by atoms with Crippen LogP contribution >= 0.6 is 0 Å². The third-order valence-electron chi connectivity index (χ3n) is 2.93. The molecule has 1 aromatic rings. The van der Waals surface area contributed by atoms with E-state index >= 15 is 0 Å². The van der Waals surface area contributed by atoms with E-state index in [4.69, 9.17) is 5.73 Å². The van der Waals surface area contributed by atoms with Crippen molar-refractivity contribution in [3.05, 3.63) is 35.4 Å². The molecule has 0 fully saturated rings. The Bertz CT molecular complexity index is 376. The highest BCUT2D eigenvalue weighted by Gasteiger charge is 2.18. The lowest BCUT2D eigenvalue weighted by atomic mass is 9.82. The van der Waals surface area contributed by atoms with Crippen LogP contribution in [-0.2, 0) is 0 Å². The molecular formula is C15H23F2N. The molecule has 0 spiro atoms. The third-order valence-corrected chi connectivity index (χ3v) is 2.93. The molecule has 1 nitrogen and oxygen atoms in total. The smallest absolute Gasteiger partial charge is 0.126 e. The molecule has 18 heavy (non-hydrogen) atoms. The van der Waals surface area contributed by atoms with E-state index < -0.39 is 11.6 Å². The van der Waals surface area contributed by atoms with E-state index in [0.29, 0.717) is 11.5 Å². The van der Waals surface area contributed by atoms with Gasteiger partial charge in [0.2, 0.25) is 0 Å². The van der Waals surface area contributed by atoms with Gasteiger partial charge in [-0.25, -0.2) is 8.78 Å². The van der Waals surface area contributed by atoms with Crippen LogP contribution in [0.2, 0.25) is 0 Å². The predicted octanol–water partition coefficient (Wildman–Crippen LogP) is 4.43. The zero-order valence-corrected chi connectivity index (χ0v) is 11.6. The Kier molecular flexibility index (Phi) is 4.85. The Morgan fingerprint density at radius 1 is 1.11 bits per heavy atom. The molecule has 102 valence electrons. The molecule has 0 radical (unpaired) electrons. The molecule has 0 aliphatic carbocycles. The number of nitrogens with two attached hydrogens (primary N) is 1. The van der Waals surface area contributed by atoms with E-state index in [1.54, 1.807) is 0 Å². The van der Waals surface area contributed by atoms with Crippen LogP contribution in [0.1, 0.15) is 52.1 Å². The summed E-state index contributed by atoms with van der Waals surface area (Å²) in [4.78, 5) is 0. The average molecular weight is 255 g/mol. The highest BCUT2D eigenvalue weighted by Crippen LogP contribution is 2.29. The quantitative estimate of drug-likeness (QED) is 0.846. The van der Waals surface area contributed by atoms with Crippen molar-refractivity contribution in [2.24, 2.45) is 17.1 Å². The molecule has 1 rings (SSSR count). The van der Waals surface area contributed by atoms with Crippen molar-refractivity contribution in [2.75, 3.05) is 0 Å². The normalized spacial score (nSPS) is 15.5. The summed E-state index contributed by atoms with van der Waals surface area (Å²) in [6.07, 6.45) is 1.78. The zero-order chi connectivity index (χ0) is 13.9. The Morgan fingerprint density at radius 3 is 2.06 bits per heavy atom. The predicted molar refractivity (Wildman–Crippen MR) is 71.1 cm³/mol. The molecule has 1 aromatic carbocycles. The molecule has 0 aliphatic heterocycles. The highest BCUT2D eigenvalue weighted by atomic mass is 19.1. The summed E-state index contributed by atoms with van der Waals surface area (Å²) in [5.41, 5.74) is 6.80. The van der Waals surface area contributed by atoms with E-state index in [0.717, 1.165) is 18.9 Å². The van der Waals surface area contributed by atoms with Gasteiger partial charge in [0.05, 0.1) is 0 Å². The van der Waals surface area contributed by atoms with Gasteiger partial charge in [-0.05, 0) is 41.9 Å². The molecule has 0 saturated heterocycles. The maximum atomic E-state index is 13.1. The van der Waals surface area contributed by atoms with Crippen molar-refractivity contribution in [1.82, 2.24) is 0 Å². The molecule has 2 unspecified atom stereocenters. The van der Waals surface area contributed by atoms with Gasteiger partial charge in [0, 0.05) is 12.1 Å². The standard InChI is InChI=1S/C15H23F2N/c1-10(9-15(2,3)4)5-14(18)11-6-12(16)8-13(17)7-11/h6-8,10,14H,5,9,18H2,1-4H3. The lowest BCUT2D eigenvalue weighted by molar-refractivity contribution is 0.286. The maximum absolute atomic E-state index is 13.1. The average Bonchev–Trinajstić information content (AvgIpc) is 2.12. The SMILES string of the molecule is CC(CC(N)c1cc(F)cc(F)c1)CC(C)(C)C. The van der Waals surface area contributed by atoms with Crippen LogP contribution in [0.5, 0.6) is 0 Å². The van der Waals surface area contributed by atoms with Gasteiger partial charge in [0.15, 0.2) is 0 Å². The summed E-state index contributed by atoms with van der Waals surface area (Å²) in [5, 5.41) is 0. The van der Waals surface area contributed by atoms with Crippen molar-refractivity contribution in [3.8, 4) is 0 Å². The second kappa shape index (κ2) is 5.79. The second-order valence-electron chi connectivity index (χ2n) is 6.41. The molecule has 0 aliphatic rings. The van der Waals surface area contributed by atoms with Gasteiger partial charge in [-0.1, -0.05) is 27.7 Å². The first-order chi connectivity index (χ1) is 8.17. The van der Waals surface area contributed by atoms with Crippen molar-refractivity contribution in [1.29, 1.82) is 0 Å². The van der Waals surface area contributed by atoms with Crippen molar-refractivity contribution >= 4 is 0 Å². The van der Waals surface area contributed by atoms with E-state index in [9.17, 15) is 8.78 Å². The number of rotatable bonds is 4. The summed E-state index contributed by atoms with van der Waals surface area (Å²) in [6.45, 7) is 8.66. The molecule has 0 saturated carbocycles. The summed E-state index contributed by atoms with van der Waals surface area (Å²) in [7, 11) is 0. The fourth-order valence-corrected chi connectivity index (χ4v) is 2.49. The fraction of sp³-hybridized carbons (Fsp3) is 0.600. The lowest BCUT2D eigenvalue weighted by Crippen LogP contribution is -2.18. The third kappa shape index (κ3) is 5.13. The Morgan fingerprint density at radius 2 is 1.61 bits per heavy atom. The number of halogens is 2.